The molecule has 7 heteroatoms. The minimum absolute atomic E-state index is 0.531. The van der Waals surface area contributed by atoms with Crippen LogP contribution in [0.2, 0.25) is 0 Å². The van der Waals surface area contributed by atoms with Crippen molar-refractivity contribution in [1.82, 2.24) is 24.9 Å². The smallest absolute Gasteiger partial charge is 0.237 e. The molecular formula is C20H19N5OS. The highest BCUT2D eigenvalue weighted by atomic mass is 32.2. The lowest BCUT2D eigenvalue weighted by Crippen LogP contribution is -1.99. The van der Waals surface area contributed by atoms with Crippen molar-refractivity contribution in [1.29, 1.82) is 0 Å². The fourth-order valence-corrected chi connectivity index (χ4v) is 3.71. The molecule has 0 bridgehead atoms. The van der Waals surface area contributed by atoms with Gasteiger partial charge in [-0.15, -0.1) is 10.2 Å². The average molecular weight is 377 g/mol. The molecule has 0 saturated carbocycles. The van der Waals surface area contributed by atoms with E-state index < -0.39 is 0 Å². The third-order valence-electron chi connectivity index (χ3n) is 4.23. The van der Waals surface area contributed by atoms with Crippen LogP contribution < -0.4 is 0 Å². The maximum atomic E-state index is 5.43. The van der Waals surface area contributed by atoms with Gasteiger partial charge in [-0.25, -0.2) is 0 Å². The quantitative estimate of drug-likeness (QED) is 0.476. The molecule has 0 aliphatic heterocycles. The normalized spacial score (nSPS) is 11.1. The van der Waals surface area contributed by atoms with Crippen molar-refractivity contribution in [2.75, 3.05) is 0 Å². The number of nitrogens with zero attached hydrogens (tertiary/aromatic N) is 5. The zero-order valence-electron chi connectivity index (χ0n) is 15.4. The Bertz CT molecular complexity index is 1090. The summed E-state index contributed by atoms with van der Waals surface area (Å²) in [6, 6.07) is 16.3. The number of aromatic nitrogens is 5. The second-order valence-electron chi connectivity index (χ2n) is 6.32. The van der Waals surface area contributed by atoms with Gasteiger partial charge in [-0.05, 0) is 44.0 Å². The van der Waals surface area contributed by atoms with Crippen molar-refractivity contribution < 1.29 is 4.52 Å². The Morgan fingerprint density at radius 1 is 1.00 bits per heavy atom. The van der Waals surface area contributed by atoms with Crippen LogP contribution in [0.15, 0.2) is 58.2 Å². The summed E-state index contributed by atoms with van der Waals surface area (Å²) in [7, 11) is 0. The fraction of sp³-hybridized carbons (Fsp3) is 0.200. The zero-order chi connectivity index (χ0) is 18.8. The molecular weight excluding hydrogens is 358 g/mol. The molecule has 0 unspecified atom stereocenters. The molecule has 136 valence electrons. The van der Waals surface area contributed by atoms with Gasteiger partial charge in [0.25, 0.3) is 0 Å². The number of hydrogen-bond acceptors (Lipinski definition) is 6. The molecule has 0 N–H and O–H groups in total. The van der Waals surface area contributed by atoms with Crippen molar-refractivity contribution in [2.24, 2.45) is 0 Å². The summed E-state index contributed by atoms with van der Waals surface area (Å²) in [5.74, 6) is 2.55. The van der Waals surface area contributed by atoms with Gasteiger partial charge in [0.2, 0.25) is 11.7 Å². The Hall–Kier alpha value is -2.93. The first-order valence-corrected chi connectivity index (χ1v) is 9.61. The summed E-state index contributed by atoms with van der Waals surface area (Å²) < 4.78 is 7.47. The van der Waals surface area contributed by atoms with Crippen molar-refractivity contribution in [3.05, 3.63) is 71.4 Å². The SMILES string of the molecule is Cc1cccc(-n2c(C)nnc2SCc2nc(-c3ccccc3C)no2)c1. The zero-order valence-corrected chi connectivity index (χ0v) is 16.2. The predicted molar refractivity (Wildman–Crippen MR) is 105 cm³/mol. The van der Waals surface area contributed by atoms with Gasteiger partial charge in [0.05, 0.1) is 5.75 Å². The molecule has 27 heavy (non-hydrogen) atoms. The lowest BCUT2D eigenvalue weighted by atomic mass is 10.1. The summed E-state index contributed by atoms with van der Waals surface area (Å²) >= 11 is 1.53. The number of rotatable bonds is 5. The molecule has 2 heterocycles. The minimum Gasteiger partial charge on any atom is -0.338 e. The number of benzene rings is 2. The minimum atomic E-state index is 0.531. The first kappa shape index (κ1) is 17.5. The van der Waals surface area contributed by atoms with Crippen LogP contribution in [0.25, 0.3) is 17.1 Å². The highest BCUT2D eigenvalue weighted by Gasteiger charge is 2.15. The van der Waals surface area contributed by atoms with Gasteiger partial charge >= 0.3 is 0 Å². The molecule has 0 amide bonds. The van der Waals surface area contributed by atoms with E-state index in [2.05, 4.69) is 45.5 Å². The van der Waals surface area contributed by atoms with Crippen molar-refractivity contribution >= 4 is 11.8 Å². The Balaban J connectivity index is 1.55. The molecule has 0 spiro atoms. The topological polar surface area (TPSA) is 69.6 Å². The van der Waals surface area contributed by atoms with Crippen molar-refractivity contribution in [2.45, 2.75) is 31.7 Å². The standard InChI is InChI=1S/C20H19N5OS/c1-13-7-6-9-16(11-13)25-15(3)22-23-20(25)27-12-18-21-19(24-26-18)17-10-5-4-8-14(17)2/h4-11H,12H2,1-3H3. The summed E-state index contributed by atoms with van der Waals surface area (Å²) in [6.45, 7) is 6.05. The first-order chi connectivity index (χ1) is 13.1. The molecule has 6 nitrogen and oxygen atoms in total. The van der Waals surface area contributed by atoms with Gasteiger partial charge < -0.3 is 4.52 Å². The second kappa shape index (κ2) is 7.36. The molecule has 0 saturated heterocycles. The molecule has 0 atom stereocenters. The molecule has 2 aromatic carbocycles. The Morgan fingerprint density at radius 3 is 2.67 bits per heavy atom. The highest BCUT2D eigenvalue weighted by molar-refractivity contribution is 7.98. The monoisotopic (exact) mass is 377 g/mol. The molecule has 0 radical (unpaired) electrons. The van der Waals surface area contributed by atoms with Gasteiger partial charge in [0.1, 0.15) is 5.82 Å². The largest absolute Gasteiger partial charge is 0.338 e. The Labute approximate surface area is 161 Å². The maximum absolute atomic E-state index is 5.43. The van der Waals surface area contributed by atoms with E-state index in [1.54, 1.807) is 0 Å². The number of thioether (sulfide) groups is 1. The van der Waals surface area contributed by atoms with E-state index >= 15 is 0 Å². The molecule has 4 rings (SSSR count). The number of hydrogen-bond donors (Lipinski definition) is 0. The van der Waals surface area contributed by atoms with E-state index in [9.17, 15) is 0 Å². The third kappa shape index (κ3) is 3.64. The van der Waals surface area contributed by atoms with Gasteiger partial charge in [-0.3, -0.25) is 4.57 Å². The van der Waals surface area contributed by atoms with Gasteiger partial charge in [-0.1, -0.05) is 53.3 Å². The lowest BCUT2D eigenvalue weighted by molar-refractivity contribution is 0.391. The predicted octanol–water partition coefficient (Wildman–Crippen LogP) is 4.53. The first-order valence-electron chi connectivity index (χ1n) is 8.62. The van der Waals surface area contributed by atoms with Crippen LogP contribution in [0.3, 0.4) is 0 Å². The van der Waals surface area contributed by atoms with Crippen LogP contribution in [0.1, 0.15) is 22.8 Å². The van der Waals surface area contributed by atoms with E-state index in [1.807, 2.05) is 48.7 Å². The van der Waals surface area contributed by atoms with Crippen LogP contribution in [-0.4, -0.2) is 24.9 Å². The van der Waals surface area contributed by atoms with Crippen LogP contribution >= 0.6 is 11.8 Å². The lowest BCUT2D eigenvalue weighted by Gasteiger charge is -2.08. The van der Waals surface area contributed by atoms with E-state index in [-0.39, 0.29) is 0 Å². The Kier molecular flexibility index (Phi) is 4.77. The Morgan fingerprint density at radius 2 is 1.85 bits per heavy atom. The van der Waals surface area contributed by atoms with E-state index in [4.69, 9.17) is 4.52 Å². The van der Waals surface area contributed by atoms with Gasteiger partial charge in [0.15, 0.2) is 5.16 Å². The molecule has 0 aliphatic rings. The van der Waals surface area contributed by atoms with Crippen LogP contribution in [0.4, 0.5) is 0 Å². The summed E-state index contributed by atoms with van der Waals surface area (Å²) in [5, 5.41) is 13.4. The molecule has 4 aromatic rings. The van der Waals surface area contributed by atoms with Crippen molar-refractivity contribution in [3.63, 3.8) is 0 Å². The summed E-state index contributed by atoms with van der Waals surface area (Å²) in [6.07, 6.45) is 0. The van der Waals surface area contributed by atoms with Crippen LogP contribution in [-0.2, 0) is 5.75 Å². The summed E-state index contributed by atoms with van der Waals surface area (Å²) in [4.78, 5) is 4.52. The van der Waals surface area contributed by atoms with E-state index in [1.165, 1.54) is 17.3 Å². The van der Waals surface area contributed by atoms with Gasteiger partial charge in [0, 0.05) is 11.3 Å². The second-order valence-corrected chi connectivity index (χ2v) is 7.26. The molecule has 0 aliphatic carbocycles. The molecule has 2 aromatic heterocycles. The fourth-order valence-electron chi connectivity index (χ4n) is 2.87. The highest BCUT2D eigenvalue weighted by Crippen LogP contribution is 2.26. The van der Waals surface area contributed by atoms with Crippen molar-refractivity contribution in [3.8, 4) is 17.1 Å². The van der Waals surface area contributed by atoms with Crippen LogP contribution in [0, 0.1) is 20.8 Å². The van der Waals surface area contributed by atoms with Gasteiger partial charge in [-0.2, -0.15) is 4.98 Å². The van der Waals surface area contributed by atoms with E-state index in [0.29, 0.717) is 17.5 Å². The maximum Gasteiger partial charge on any atom is 0.237 e. The van der Waals surface area contributed by atoms with Crippen LogP contribution in [0.5, 0.6) is 0 Å². The number of aryl methyl sites for hydroxylation is 3. The average Bonchev–Trinajstić information content (AvgIpc) is 3.27. The third-order valence-corrected chi connectivity index (χ3v) is 5.15. The summed E-state index contributed by atoms with van der Waals surface area (Å²) in [5.41, 5.74) is 4.34. The van der Waals surface area contributed by atoms with E-state index in [0.717, 1.165) is 27.8 Å². The molecule has 0 fully saturated rings.